The Hall–Kier alpha value is -1.43. The zero-order valence-corrected chi connectivity index (χ0v) is 11.4. The Morgan fingerprint density at radius 2 is 2.00 bits per heavy atom. The lowest BCUT2D eigenvalue weighted by molar-refractivity contribution is -0.122. The highest BCUT2D eigenvalue weighted by Crippen LogP contribution is 2.16. The maximum absolute atomic E-state index is 11.6. The van der Waals surface area contributed by atoms with Gasteiger partial charge in [0.2, 0.25) is 17.7 Å². The second-order valence-corrected chi connectivity index (χ2v) is 4.37. The number of ether oxygens (including phenoxy) is 1. The number of aromatic nitrogens is 2. The minimum Gasteiger partial charge on any atom is -0.423 e. The number of carbonyl (C=O) groups excluding carboxylic acids is 1. The van der Waals surface area contributed by atoms with Gasteiger partial charge in [0.05, 0.1) is 6.61 Å². The van der Waals surface area contributed by atoms with E-state index in [0.717, 1.165) is 0 Å². The molecule has 0 saturated heterocycles. The third-order valence-electron chi connectivity index (χ3n) is 2.38. The fourth-order valence-corrected chi connectivity index (χ4v) is 1.34. The van der Waals surface area contributed by atoms with E-state index in [1.807, 2.05) is 27.7 Å². The van der Waals surface area contributed by atoms with Crippen LogP contribution in [0.15, 0.2) is 4.42 Å². The van der Waals surface area contributed by atoms with E-state index >= 15 is 0 Å². The van der Waals surface area contributed by atoms with Crippen molar-refractivity contribution >= 4 is 5.91 Å². The van der Waals surface area contributed by atoms with Crippen molar-refractivity contribution in [2.45, 2.75) is 46.1 Å². The van der Waals surface area contributed by atoms with Gasteiger partial charge in [-0.3, -0.25) is 4.79 Å². The van der Waals surface area contributed by atoms with Crippen molar-refractivity contribution in [3.8, 4) is 0 Å². The minimum absolute atomic E-state index is 0.0831. The number of hydrogen-bond donors (Lipinski definition) is 1. The van der Waals surface area contributed by atoms with Crippen LogP contribution in [0.5, 0.6) is 0 Å². The van der Waals surface area contributed by atoms with E-state index in [0.29, 0.717) is 31.4 Å². The molecule has 0 aliphatic heterocycles. The van der Waals surface area contributed by atoms with Crippen LogP contribution < -0.4 is 5.32 Å². The monoisotopic (exact) mass is 255 g/mol. The summed E-state index contributed by atoms with van der Waals surface area (Å²) in [5.74, 6) is 1.12. The topological polar surface area (TPSA) is 77.2 Å². The van der Waals surface area contributed by atoms with Gasteiger partial charge in [0.25, 0.3) is 0 Å². The molecule has 1 amide bonds. The molecule has 1 N–H and O–H groups in total. The summed E-state index contributed by atoms with van der Waals surface area (Å²) in [5.41, 5.74) is 0. The summed E-state index contributed by atoms with van der Waals surface area (Å²) in [6, 6.07) is -0.279. The molecule has 1 heterocycles. The number of hydrogen-bond acceptors (Lipinski definition) is 5. The van der Waals surface area contributed by atoms with Crippen molar-refractivity contribution in [3.05, 3.63) is 11.8 Å². The molecule has 6 nitrogen and oxygen atoms in total. The van der Waals surface area contributed by atoms with Crippen molar-refractivity contribution in [2.75, 3.05) is 13.2 Å². The van der Waals surface area contributed by atoms with Crippen LogP contribution in [0.4, 0.5) is 0 Å². The normalized spacial score (nSPS) is 12.7. The minimum atomic E-state index is -0.279. The second-order valence-electron chi connectivity index (χ2n) is 4.37. The Morgan fingerprint density at radius 3 is 2.56 bits per heavy atom. The molecule has 6 heteroatoms. The van der Waals surface area contributed by atoms with Crippen LogP contribution in [0.1, 0.15) is 57.9 Å². The molecule has 0 saturated carbocycles. The Kier molecular flexibility index (Phi) is 5.77. The summed E-state index contributed by atoms with van der Waals surface area (Å²) in [7, 11) is 0. The number of amides is 1. The first-order valence-corrected chi connectivity index (χ1v) is 6.25. The lowest BCUT2D eigenvalue weighted by Crippen LogP contribution is -2.27. The first-order valence-electron chi connectivity index (χ1n) is 6.25. The van der Waals surface area contributed by atoms with E-state index in [9.17, 15) is 4.79 Å². The van der Waals surface area contributed by atoms with E-state index in [4.69, 9.17) is 9.15 Å². The van der Waals surface area contributed by atoms with E-state index in [1.165, 1.54) is 0 Å². The molecule has 0 aliphatic rings. The van der Waals surface area contributed by atoms with E-state index in [-0.39, 0.29) is 17.9 Å². The molecule has 0 aromatic carbocycles. The third kappa shape index (κ3) is 4.44. The SMILES string of the molecule is CCOCCC(=O)N[C@@H](C)c1nnc(C(C)C)o1. The molecular weight excluding hydrogens is 234 g/mol. The van der Waals surface area contributed by atoms with Gasteiger partial charge in [0.15, 0.2) is 0 Å². The first kappa shape index (κ1) is 14.6. The van der Waals surface area contributed by atoms with Gasteiger partial charge in [-0.2, -0.15) is 0 Å². The molecule has 1 aromatic rings. The average molecular weight is 255 g/mol. The smallest absolute Gasteiger partial charge is 0.238 e. The quantitative estimate of drug-likeness (QED) is 0.752. The maximum atomic E-state index is 11.6. The van der Waals surface area contributed by atoms with E-state index in [1.54, 1.807) is 0 Å². The molecule has 0 unspecified atom stereocenters. The lowest BCUT2D eigenvalue weighted by atomic mass is 10.2. The van der Waals surface area contributed by atoms with Gasteiger partial charge in [-0.05, 0) is 13.8 Å². The Balaban J connectivity index is 2.43. The van der Waals surface area contributed by atoms with Gasteiger partial charge < -0.3 is 14.5 Å². The number of carbonyl (C=O) groups is 1. The summed E-state index contributed by atoms with van der Waals surface area (Å²) in [5, 5.41) is 10.6. The van der Waals surface area contributed by atoms with Crippen molar-refractivity contribution in [3.63, 3.8) is 0 Å². The van der Waals surface area contributed by atoms with Crippen LogP contribution >= 0.6 is 0 Å². The summed E-state index contributed by atoms with van der Waals surface area (Å²) >= 11 is 0. The zero-order valence-electron chi connectivity index (χ0n) is 11.4. The number of rotatable bonds is 7. The predicted octanol–water partition coefficient (Wildman–Crippen LogP) is 1.80. The third-order valence-corrected chi connectivity index (χ3v) is 2.38. The van der Waals surface area contributed by atoms with E-state index < -0.39 is 0 Å². The highest BCUT2D eigenvalue weighted by atomic mass is 16.5. The molecule has 0 aliphatic carbocycles. The molecule has 0 fully saturated rings. The molecule has 1 atom stereocenters. The summed E-state index contributed by atoms with van der Waals surface area (Å²) < 4.78 is 10.6. The largest absolute Gasteiger partial charge is 0.423 e. The van der Waals surface area contributed by atoms with Crippen molar-refractivity contribution in [1.82, 2.24) is 15.5 Å². The predicted molar refractivity (Wildman–Crippen MR) is 66.1 cm³/mol. The Morgan fingerprint density at radius 1 is 1.33 bits per heavy atom. The molecule has 18 heavy (non-hydrogen) atoms. The molecule has 0 radical (unpaired) electrons. The first-order chi connectivity index (χ1) is 8.54. The maximum Gasteiger partial charge on any atom is 0.238 e. The highest BCUT2D eigenvalue weighted by Gasteiger charge is 2.17. The van der Waals surface area contributed by atoms with Crippen LogP contribution in [-0.2, 0) is 9.53 Å². The van der Waals surface area contributed by atoms with Gasteiger partial charge >= 0.3 is 0 Å². The molecular formula is C12H21N3O3. The fraction of sp³-hybridized carbons (Fsp3) is 0.750. The summed E-state index contributed by atoms with van der Waals surface area (Å²) in [6.07, 6.45) is 0.337. The van der Waals surface area contributed by atoms with Gasteiger partial charge in [-0.25, -0.2) is 0 Å². The van der Waals surface area contributed by atoms with Crippen LogP contribution in [-0.4, -0.2) is 29.3 Å². The van der Waals surface area contributed by atoms with Crippen molar-refractivity contribution < 1.29 is 13.9 Å². The standard InChI is InChI=1S/C12H21N3O3/c1-5-17-7-6-10(16)13-9(4)12-15-14-11(18-12)8(2)3/h8-9H,5-7H2,1-4H3,(H,13,16)/t9-/m0/s1. The lowest BCUT2D eigenvalue weighted by Gasteiger charge is -2.09. The van der Waals surface area contributed by atoms with Crippen LogP contribution in [0.3, 0.4) is 0 Å². The zero-order chi connectivity index (χ0) is 13.5. The molecule has 102 valence electrons. The fourth-order valence-electron chi connectivity index (χ4n) is 1.34. The van der Waals surface area contributed by atoms with E-state index in [2.05, 4.69) is 15.5 Å². The average Bonchev–Trinajstić information content (AvgIpc) is 2.78. The highest BCUT2D eigenvalue weighted by molar-refractivity contribution is 5.76. The van der Waals surface area contributed by atoms with Gasteiger partial charge in [-0.15, -0.1) is 10.2 Å². The van der Waals surface area contributed by atoms with Crippen molar-refractivity contribution in [2.24, 2.45) is 0 Å². The molecule has 0 spiro atoms. The van der Waals surface area contributed by atoms with Gasteiger partial charge in [-0.1, -0.05) is 13.8 Å². The Labute approximate surface area is 107 Å². The number of nitrogens with zero attached hydrogens (tertiary/aromatic N) is 2. The van der Waals surface area contributed by atoms with Crippen LogP contribution in [0.2, 0.25) is 0 Å². The molecule has 1 aromatic heterocycles. The van der Waals surface area contributed by atoms with Gasteiger partial charge in [0, 0.05) is 18.9 Å². The summed E-state index contributed by atoms with van der Waals surface area (Å²) in [4.78, 5) is 11.6. The second kappa shape index (κ2) is 7.10. The summed E-state index contributed by atoms with van der Waals surface area (Å²) in [6.45, 7) is 8.70. The van der Waals surface area contributed by atoms with Crippen LogP contribution in [0.25, 0.3) is 0 Å². The van der Waals surface area contributed by atoms with Crippen LogP contribution in [0, 0.1) is 0 Å². The molecule has 1 rings (SSSR count). The Bertz CT molecular complexity index is 376. The van der Waals surface area contributed by atoms with Crippen molar-refractivity contribution in [1.29, 1.82) is 0 Å². The number of nitrogens with one attached hydrogen (secondary N) is 1. The van der Waals surface area contributed by atoms with Gasteiger partial charge in [0.1, 0.15) is 6.04 Å². The molecule has 0 bridgehead atoms.